The van der Waals surface area contributed by atoms with E-state index >= 15 is 0 Å². The van der Waals surface area contributed by atoms with Gasteiger partial charge < -0.3 is 16.0 Å². The monoisotopic (exact) mass is 189 g/mol. The molecule has 0 fully saturated rings. The topological polar surface area (TPSA) is 53.8 Å². The SMILES string of the molecule is NCCCNc1ccc2[nH]ccc2c1. The number of benzene rings is 1. The average Bonchev–Trinajstić information content (AvgIpc) is 2.65. The van der Waals surface area contributed by atoms with E-state index in [0.717, 1.165) is 25.2 Å². The first kappa shape index (κ1) is 9.09. The van der Waals surface area contributed by atoms with Crippen molar-refractivity contribution in [2.24, 2.45) is 5.73 Å². The summed E-state index contributed by atoms with van der Waals surface area (Å²) >= 11 is 0. The van der Waals surface area contributed by atoms with Gasteiger partial charge in [-0.1, -0.05) is 0 Å². The molecule has 0 aliphatic heterocycles. The van der Waals surface area contributed by atoms with Crippen LogP contribution in [0.25, 0.3) is 10.9 Å². The Kier molecular flexibility index (Phi) is 2.70. The molecule has 0 saturated heterocycles. The molecule has 0 unspecified atom stereocenters. The van der Waals surface area contributed by atoms with E-state index in [1.165, 1.54) is 10.9 Å². The molecule has 3 nitrogen and oxygen atoms in total. The highest BCUT2D eigenvalue weighted by atomic mass is 14.9. The van der Waals surface area contributed by atoms with Gasteiger partial charge in [-0.05, 0) is 37.2 Å². The molecule has 4 N–H and O–H groups in total. The Bertz CT molecular complexity index is 406. The van der Waals surface area contributed by atoms with Gasteiger partial charge in [0.05, 0.1) is 0 Å². The smallest absolute Gasteiger partial charge is 0.0455 e. The lowest BCUT2D eigenvalue weighted by molar-refractivity contribution is 0.874. The Morgan fingerprint density at radius 1 is 1.29 bits per heavy atom. The molecule has 0 bridgehead atoms. The number of nitrogens with two attached hydrogens (primary N) is 1. The minimum absolute atomic E-state index is 0.736. The van der Waals surface area contributed by atoms with Crippen molar-refractivity contribution >= 4 is 16.6 Å². The van der Waals surface area contributed by atoms with Gasteiger partial charge in [0.15, 0.2) is 0 Å². The van der Waals surface area contributed by atoms with E-state index in [-0.39, 0.29) is 0 Å². The maximum Gasteiger partial charge on any atom is 0.0455 e. The molecule has 0 aliphatic carbocycles. The van der Waals surface area contributed by atoms with Gasteiger partial charge in [0.25, 0.3) is 0 Å². The van der Waals surface area contributed by atoms with Crippen molar-refractivity contribution in [3.63, 3.8) is 0 Å². The van der Waals surface area contributed by atoms with Gasteiger partial charge >= 0.3 is 0 Å². The maximum atomic E-state index is 5.42. The number of hydrogen-bond acceptors (Lipinski definition) is 2. The normalized spacial score (nSPS) is 10.6. The van der Waals surface area contributed by atoms with Gasteiger partial charge in [-0.15, -0.1) is 0 Å². The quantitative estimate of drug-likeness (QED) is 0.644. The Morgan fingerprint density at radius 3 is 3.07 bits per heavy atom. The first-order chi connectivity index (χ1) is 6.90. The van der Waals surface area contributed by atoms with E-state index in [9.17, 15) is 0 Å². The number of rotatable bonds is 4. The third-order valence-corrected chi connectivity index (χ3v) is 2.26. The molecule has 74 valence electrons. The lowest BCUT2D eigenvalue weighted by Gasteiger charge is -2.04. The van der Waals surface area contributed by atoms with E-state index in [0.29, 0.717) is 0 Å². The molecule has 2 rings (SSSR count). The molecule has 1 heterocycles. The van der Waals surface area contributed by atoms with Crippen molar-refractivity contribution in [2.75, 3.05) is 18.4 Å². The Morgan fingerprint density at radius 2 is 2.21 bits per heavy atom. The predicted molar refractivity (Wildman–Crippen MR) is 60.5 cm³/mol. The molecule has 0 amide bonds. The first-order valence-corrected chi connectivity index (χ1v) is 4.91. The number of anilines is 1. The molecule has 0 spiro atoms. The van der Waals surface area contributed by atoms with Gasteiger partial charge in [-0.2, -0.15) is 0 Å². The lowest BCUT2D eigenvalue weighted by Crippen LogP contribution is -2.08. The Balaban J connectivity index is 2.10. The summed E-state index contributed by atoms with van der Waals surface area (Å²) in [4.78, 5) is 3.17. The van der Waals surface area contributed by atoms with E-state index in [1.54, 1.807) is 0 Å². The van der Waals surface area contributed by atoms with E-state index in [2.05, 4.69) is 34.6 Å². The number of fused-ring (bicyclic) bond motifs is 1. The molecule has 14 heavy (non-hydrogen) atoms. The summed E-state index contributed by atoms with van der Waals surface area (Å²) in [5.41, 5.74) is 7.75. The summed E-state index contributed by atoms with van der Waals surface area (Å²) in [6, 6.07) is 8.38. The van der Waals surface area contributed by atoms with Crippen LogP contribution in [0.4, 0.5) is 5.69 Å². The molecule has 0 atom stereocenters. The van der Waals surface area contributed by atoms with Crippen LogP contribution in [0.2, 0.25) is 0 Å². The van der Waals surface area contributed by atoms with Gasteiger partial charge in [-0.25, -0.2) is 0 Å². The van der Waals surface area contributed by atoms with Crippen LogP contribution >= 0.6 is 0 Å². The van der Waals surface area contributed by atoms with Gasteiger partial charge in [0.1, 0.15) is 0 Å². The highest BCUT2D eigenvalue weighted by Gasteiger charge is 1.95. The molecular formula is C11H15N3. The minimum atomic E-state index is 0.736. The number of aromatic amines is 1. The molecule has 0 saturated carbocycles. The van der Waals surface area contributed by atoms with Crippen molar-refractivity contribution < 1.29 is 0 Å². The maximum absolute atomic E-state index is 5.42. The molecule has 0 radical (unpaired) electrons. The van der Waals surface area contributed by atoms with Crippen molar-refractivity contribution in [3.05, 3.63) is 30.5 Å². The van der Waals surface area contributed by atoms with Crippen LogP contribution < -0.4 is 11.1 Å². The number of H-pyrrole nitrogens is 1. The molecular weight excluding hydrogens is 174 g/mol. The fourth-order valence-electron chi connectivity index (χ4n) is 1.50. The average molecular weight is 189 g/mol. The summed E-state index contributed by atoms with van der Waals surface area (Å²) in [5.74, 6) is 0. The van der Waals surface area contributed by atoms with Crippen LogP contribution in [0.5, 0.6) is 0 Å². The van der Waals surface area contributed by atoms with Crippen LogP contribution in [0.15, 0.2) is 30.5 Å². The Labute approximate surface area is 83.3 Å². The Hall–Kier alpha value is -1.48. The van der Waals surface area contributed by atoms with Crippen LogP contribution in [0.3, 0.4) is 0 Å². The fraction of sp³-hybridized carbons (Fsp3) is 0.273. The largest absolute Gasteiger partial charge is 0.385 e. The van der Waals surface area contributed by atoms with Gasteiger partial charge in [0, 0.05) is 29.3 Å². The summed E-state index contributed by atoms with van der Waals surface area (Å²) in [7, 11) is 0. The van der Waals surface area contributed by atoms with Crippen LogP contribution in [0, 0.1) is 0 Å². The fourth-order valence-corrected chi connectivity index (χ4v) is 1.50. The van der Waals surface area contributed by atoms with E-state index in [4.69, 9.17) is 5.73 Å². The van der Waals surface area contributed by atoms with Crippen molar-refractivity contribution in [1.82, 2.24) is 4.98 Å². The predicted octanol–water partition coefficient (Wildman–Crippen LogP) is 1.93. The minimum Gasteiger partial charge on any atom is -0.385 e. The second-order valence-corrected chi connectivity index (χ2v) is 3.35. The van der Waals surface area contributed by atoms with Gasteiger partial charge in [0.2, 0.25) is 0 Å². The van der Waals surface area contributed by atoms with Crippen LogP contribution in [0.1, 0.15) is 6.42 Å². The number of nitrogens with one attached hydrogen (secondary N) is 2. The highest BCUT2D eigenvalue weighted by Crippen LogP contribution is 2.17. The van der Waals surface area contributed by atoms with E-state index < -0.39 is 0 Å². The second kappa shape index (κ2) is 4.15. The molecule has 2 aromatic rings. The second-order valence-electron chi connectivity index (χ2n) is 3.35. The summed E-state index contributed by atoms with van der Waals surface area (Å²) in [6.07, 6.45) is 2.96. The lowest BCUT2D eigenvalue weighted by atomic mass is 10.2. The first-order valence-electron chi connectivity index (χ1n) is 4.91. The zero-order valence-corrected chi connectivity index (χ0v) is 8.09. The highest BCUT2D eigenvalue weighted by molar-refractivity contribution is 5.82. The zero-order chi connectivity index (χ0) is 9.80. The molecule has 3 heteroatoms. The van der Waals surface area contributed by atoms with Crippen LogP contribution in [-0.2, 0) is 0 Å². The summed E-state index contributed by atoms with van der Waals surface area (Å²) in [6.45, 7) is 1.67. The van der Waals surface area contributed by atoms with Crippen molar-refractivity contribution in [3.8, 4) is 0 Å². The molecule has 1 aromatic heterocycles. The number of hydrogen-bond donors (Lipinski definition) is 3. The zero-order valence-electron chi connectivity index (χ0n) is 8.09. The summed E-state index contributed by atoms with van der Waals surface area (Å²) in [5, 5.41) is 4.57. The third kappa shape index (κ3) is 1.88. The van der Waals surface area contributed by atoms with Crippen LogP contribution in [-0.4, -0.2) is 18.1 Å². The third-order valence-electron chi connectivity index (χ3n) is 2.26. The molecule has 1 aromatic carbocycles. The summed E-state index contributed by atoms with van der Waals surface area (Å²) < 4.78 is 0. The van der Waals surface area contributed by atoms with Gasteiger partial charge in [-0.3, -0.25) is 0 Å². The van der Waals surface area contributed by atoms with E-state index in [1.807, 2.05) is 6.20 Å². The van der Waals surface area contributed by atoms with Crippen molar-refractivity contribution in [2.45, 2.75) is 6.42 Å². The van der Waals surface area contributed by atoms with Crippen molar-refractivity contribution in [1.29, 1.82) is 0 Å². The standard InChI is InChI=1S/C11H15N3/c12-5-1-6-13-10-2-3-11-9(8-10)4-7-14-11/h2-4,7-8,13-14H,1,5-6,12H2. The molecule has 0 aliphatic rings. The number of aromatic nitrogens is 1.